The van der Waals surface area contributed by atoms with Crippen LogP contribution in [0.1, 0.15) is 43.3 Å². The zero-order valence-corrected chi connectivity index (χ0v) is 13.9. The SMILES string of the molecule is C[C@H](c1nnc(-c2cccs2)o1)N1CCC[C@H]1c1ccsc1. The number of hydrogen-bond acceptors (Lipinski definition) is 6. The molecule has 0 aliphatic carbocycles. The minimum absolute atomic E-state index is 0.147. The molecule has 0 saturated carbocycles. The van der Waals surface area contributed by atoms with E-state index < -0.39 is 0 Å². The van der Waals surface area contributed by atoms with Crippen molar-refractivity contribution in [1.82, 2.24) is 15.1 Å². The second kappa shape index (κ2) is 5.95. The van der Waals surface area contributed by atoms with Crippen LogP contribution in [0.25, 0.3) is 10.8 Å². The first-order valence-electron chi connectivity index (χ1n) is 7.48. The third-order valence-electron chi connectivity index (χ3n) is 4.25. The molecule has 1 saturated heterocycles. The molecule has 0 aromatic carbocycles. The molecule has 4 nitrogen and oxygen atoms in total. The molecule has 4 heterocycles. The average Bonchev–Trinajstić information content (AvgIpc) is 3.35. The maximum Gasteiger partial charge on any atom is 0.257 e. The Morgan fingerprint density at radius 3 is 3.05 bits per heavy atom. The lowest BCUT2D eigenvalue weighted by atomic mass is 10.1. The highest BCUT2D eigenvalue weighted by Gasteiger charge is 2.33. The molecule has 0 spiro atoms. The molecule has 0 radical (unpaired) electrons. The first kappa shape index (κ1) is 14.1. The molecule has 1 aliphatic heterocycles. The third-order valence-corrected chi connectivity index (χ3v) is 5.81. The molecule has 22 heavy (non-hydrogen) atoms. The average molecular weight is 331 g/mol. The predicted octanol–water partition coefficient (Wildman–Crippen LogP) is 4.76. The van der Waals surface area contributed by atoms with E-state index in [-0.39, 0.29) is 6.04 Å². The zero-order valence-electron chi connectivity index (χ0n) is 12.3. The van der Waals surface area contributed by atoms with Gasteiger partial charge in [-0.2, -0.15) is 11.3 Å². The lowest BCUT2D eigenvalue weighted by Crippen LogP contribution is -2.26. The molecule has 0 unspecified atom stereocenters. The van der Waals surface area contributed by atoms with Gasteiger partial charge in [-0.15, -0.1) is 21.5 Å². The van der Waals surface area contributed by atoms with Crippen LogP contribution in [-0.4, -0.2) is 21.6 Å². The fourth-order valence-corrected chi connectivity index (χ4v) is 4.47. The molecule has 1 aliphatic rings. The maximum absolute atomic E-state index is 5.92. The molecule has 4 rings (SSSR count). The summed E-state index contributed by atoms with van der Waals surface area (Å²) in [6, 6.07) is 6.86. The van der Waals surface area contributed by atoms with Gasteiger partial charge < -0.3 is 4.42 Å². The summed E-state index contributed by atoms with van der Waals surface area (Å²) in [4.78, 5) is 3.51. The topological polar surface area (TPSA) is 42.2 Å². The zero-order chi connectivity index (χ0) is 14.9. The Labute approximate surface area is 137 Å². The van der Waals surface area contributed by atoms with Gasteiger partial charge in [0.1, 0.15) is 0 Å². The quantitative estimate of drug-likeness (QED) is 0.691. The van der Waals surface area contributed by atoms with E-state index in [1.165, 1.54) is 18.4 Å². The summed E-state index contributed by atoms with van der Waals surface area (Å²) in [7, 11) is 0. The summed E-state index contributed by atoms with van der Waals surface area (Å²) in [5, 5.41) is 14.9. The van der Waals surface area contributed by atoms with Crippen molar-refractivity contribution in [3.05, 3.63) is 45.8 Å². The highest BCUT2D eigenvalue weighted by atomic mass is 32.1. The lowest BCUT2D eigenvalue weighted by molar-refractivity contribution is 0.169. The number of aromatic nitrogens is 2. The fraction of sp³-hybridized carbons (Fsp3) is 0.375. The Morgan fingerprint density at radius 2 is 2.27 bits per heavy atom. The van der Waals surface area contributed by atoms with Crippen molar-refractivity contribution in [3.63, 3.8) is 0 Å². The molecule has 6 heteroatoms. The Kier molecular flexibility index (Phi) is 3.82. The van der Waals surface area contributed by atoms with Gasteiger partial charge in [0.15, 0.2) is 0 Å². The van der Waals surface area contributed by atoms with Gasteiger partial charge in [0.05, 0.1) is 10.9 Å². The van der Waals surface area contributed by atoms with Crippen LogP contribution in [0, 0.1) is 0 Å². The first-order valence-corrected chi connectivity index (χ1v) is 9.30. The summed E-state index contributed by atoms with van der Waals surface area (Å²) in [6.07, 6.45) is 2.42. The molecule has 0 bridgehead atoms. The van der Waals surface area contributed by atoms with Crippen LogP contribution in [0.2, 0.25) is 0 Å². The van der Waals surface area contributed by atoms with E-state index >= 15 is 0 Å². The van der Waals surface area contributed by atoms with Gasteiger partial charge in [0.25, 0.3) is 5.89 Å². The number of hydrogen-bond donors (Lipinski definition) is 0. The largest absolute Gasteiger partial charge is 0.418 e. The van der Waals surface area contributed by atoms with Crippen LogP contribution in [0.15, 0.2) is 38.8 Å². The summed E-state index contributed by atoms with van der Waals surface area (Å²) in [5.74, 6) is 1.34. The molecule has 3 aromatic rings. The van der Waals surface area contributed by atoms with Crippen LogP contribution in [0.3, 0.4) is 0 Å². The van der Waals surface area contributed by atoms with Crippen molar-refractivity contribution in [2.75, 3.05) is 6.54 Å². The number of thiophene rings is 2. The second-order valence-electron chi connectivity index (χ2n) is 5.55. The van der Waals surface area contributed by atoms with E-state index in [2.05, 4.69) is 38.8 Å². The second-order valence-corrected chi connectivity index (χ2v) is 7.28. The molecule has 3 aromatic heterocycles. The highest BCUT2D eigenvalue weighted by molar-refractivity contribution is 7.13. The van der Waals surface area contributed by atoms with Crippen LogP contribution < -0.4 is 0 Å². The lowest BCUT2D eigenvalue weighted by Gasteiger charge is -2.28. The minimum Gasteiger partial charge on any atom is -0.418 e. The van der Waals surface area contributed by atoms with Crippen LogP contribution in [0.4, 0.5) is 0 Å². The van der Waals surface area contributed by atoms with Crippen molar-refractivity contribution >= 4 is 22.7 Å². The van der Waals surface area contributed by atoms with E-state index in [9.17, 15) is 0 Å². The summed E-state index contributed by atoms with van der Waals surface area (Å²) < 4.78 is 5.92. The minimum atomic E-state index is 0.147. The smallest absolute Gasteiger partial charge is 0.257 e. The van der Waals surface area contributed by atoms with Gasteiger partial charge in [-0.25, -0.2) is 0 Å². The van der Waals surface area contributed by atoms with E-state index in [1.807, 2.05) is 17.5 Å². The van der Waals surface area contributed by atoms with Crippen LogP contribution in [0.5, 0.6) is 0 Å². The van der Waals surface area contributed by atoms with Gasteiger partial charge in [0, 0.05) is 6.04 Å². The Hall–Kier alpha value is -1.50. The third kappa shape index (κ3) is 2.51. The van der Waals surface area contributed by atoms with E-state index in [4.69, 9.17) is 4.42 Å². The van der Waals surface area contributed by atoms with Crippen molar-refractivity contribution in [3.8, 4) is 10.8 Å². The number of likely N-dealkylation sites (tertiary alicyclic amines) is 1. The molecule has 2 atom stereocenters. The van der Waals surface area contributed by atoms with E-state index in [0.717, 1.165) is 11.4 Å². The highest BCUT2D eigenvalue weighted by Crippen LogP contribution is 2.39. The van der Waals surface area contributed by atoms with Crippen molar-refractivity contribution in [2.45, 2.75) is 31.8 Å². The standard InChI is InChI=1S/C16H17N3OS2/c1-11(15-17-18-16(20-15)14-5-3-8-22-14)19-7-2-4-13(19)12-6-9-21-10-12/h3,5-6,8-11,13H,2,4,7H2,1H3/t11-,13+/m1/s1. The summed E-state index contributed by atoms with van der Waals surface area (Å²) >= 11 is 3.39. The molecule has 0 amide bonds. The Bertz CT molecular complexity index is 721. The van der Waals surface area contributed by atoms with Gasteiger partial charge in [-0.3, -0.25) is 4.90 Å². The van der Waals surface area contributed by atoms with E-state index in [0.29, 0.717) is 17.8 Å². The van der Waals surface area contributed by atoms with Gasteiger partial charge in [0.2, 0.25) is 5.89 Å². The Balaban J connectivity index is 1.57. The molecule has 114 valence electrons. The number of nitrogens with zero attached hydrogens (tertiary/aromatic N) is 3. The molecule has 1 fully saturated rings. The molecular formula is C16H17N3OS2. The van der Waals surface area contributed by atoms with Gasteiger partial charge in [-0.05, 0) is 60.1 Å². The fourth-order valence-electron chi connectivity index (χ4n) is 3.12. The van der Waals surface area contributed by atoms with Crippen LogP contribution >= 0.6 is 22.7 Å². The van der Waals surface area contributed by atoms with Crippen molar-refractivity contribution < 1.29 is 4.42 Å². The predicted molar refractivity (Wildman–Crippen MR) is 89.0 cm³/mol. The number of rotatable bonds is 4. The maximum atomic E-state index is 5.92. The molecular weight excluding hydrogens is 314 g/mol. The van der Waals surface area contributed by atoms with Crippen molar-refractivity contribution in [1.29, 1.82) is 0 Å². The first-order chi connectivity index (χ1) is 10.8. The van der Waals surface area contributed by atoms with Gasteiger partial charge >= 0.3 is 0 Å². The Morgan fingerprint density at radius 1 is 1.32 bits per heavy atom. The normalized spacial score (nSPS) is 20.5. The van der Waals surface area contributed by atoms with E-state index in [1.54, 1.807) is 22.7 Å². The summed E-state index contributed by atoms with van der Waals surface area (Å²) in [6.45, 7) is 3.24. The monoisotopic (exact) mass is 331 g/mol. The van der Waals surface area contributed by atoms with Crippen molar-refractivity contribution in [2.24, 2.45) is 0 Å². The molecule has 0 N–H and O–H groups in total. The van der Waals surface area contributed by atoms with Crippen LogP contribution in [-0.2, 0) is 0 Å². The summed E-state index contributed by atoms with van der Waals surface area (Å²) in [5.41, 5.74) is 1.41. The van der Waals surface area contributed by atoms with Gasteiger partial charge in [-0.1, -0.05) is 6.07 Å².